The third-order valence-corrected chi connectivity index (χ3v) is 8.21. The predicted molar refractivity (Wildman–Crippen MR) is 125 cm³/mol. The standard InChI is InChI=1S/C27H30N2O6/c1-16-20-12-19-21-23(34-14-18-10-6-3-7-11-18)27(22(19)30,15-33-13-17-8-4-2-5-9-17)35-25(21)29(20)26(32)28-24(16)31/h2-11,16,19-23,25,30H,12-15H2,1H3,(H,28,31,32)/t16-,19+,20-,21-,22-,23-,25+,27+/m0/s1. The normalized spacial score (nSPS) is 37.3. The van der Waals surface area contributed by atoms with Crippen molar-refractivity contribution in [2.75, 3.05) is 6.61 Å². The van der Waals surface area contributed by atoms with E-state index in [-0.39, 0.29) is 36.3 Å². The average Bonchev–Trinajstić information content (AvgIpc) is 3.31. The first-order chi connectivity index (χ1) is 17.0. The molecule has 2 aromatic carbocycles. The Morgan fingerprint density at radius 3 is 2.40 bits per heavy atom. The molecule has 35 heavy (non-hydrogen) atoms. The smallest absolute Gasteiger partial charge is 0.326 e. The molecule has 3 amide bonds. The van der Waals surface area contributed by atoms with E-state index in [4.69, 9.17) is 14.2 Å². The molecule has 0 unspecified atom stereocenters. The average molecular weight is 479 g/mol. The van der Waals surface area contributed by atoms with Gasteiger partial charge >= 0.3 is 6.03 Å². The van der Waals surface area contributed by atoms with Gasteiger partial charge in [0.05, 0.1) is 37.9 Å². The van der Waals surface area contributed by atoms with Gasteiger partial charge in [0.25, 0.3) is 0 Å². The zero-order chi connectivity index (χ0) is 24.2. The maximum absolute atomic E-state index is 12.9. The summed E-state index contributed by atoms with van der Waals surface area (Å²) in [6.45, 7) is 2.70. The number of amides is 3. The lowest BCUT2D eigenvalue weighted by Gasteiger charge is -2.53. The molecule has 1 aliphatic carbocycles. The fraction of sp³-hybridized carbons (Fsp3) is 0.481. The van der Waals surface area contributed by atoms with E-state index in [1.807, 2.05) is 67.6 Å². The number of aliphatic hydroxyl groups excluding tert-OH is 1. The van der Waals surface area contributed by atoms with Crippen molar-refractivity contribution in [3.05, 3.63) is 71.8 Å². The molecule has 3 aliphatic heterocycles. The molecule has 4 fully saturated rings. The zero-order valence-corrected chi connectivity index (χ0v) is 19.6. The van der Waals surface area contributed by atoms with Gasteiger partial charge in [0.15, 0.2) is 0 Å². The highest BCUT2D eigenvalue weighted by molar-refractivity contribution is 5.98. The lowest BCUT2D eigenvalue weighted by Crippen LogP contribution is -2.69. The van der Waals surface area contributed by atoms with Gasteiger partial charge in [-0.1, -0.05) is 67.6 Å². The van der Waals surface area contributed by atoms with Crippen LogP contribution in [-0.4, -0.2) is 58.6 Å². The largest absolute Gasteiger partial charge is 0.390 e. The number of piperidine rings is 1. The quantitative estimate of drug-likeness (QED) is 0.635. The van der Waals surface area contributed by atoms with Crippen molar-refractivity contribution in [2.24, 2.45) is 17.8 Å². The maximum Gasteiger partial charge on any atom is 0.326 e. The van der Waals surface area contributed by atoms with E-state index >= 15 is 0 Å². The lowest BCUT2D eigenvalue weighted by atomic mass is 9.76. The van der Waals surface area contributed by atoms with Crippen molar-refractivity contribution in [1.29, 1.82) is 0 Å². The number of urea groups is 1. The van der Waals surface area contributed by atoms with E-state index in [9.17, 15) is 14.7 Å². The number of hydrogen-bond donors (Lipinski definition) is 2. The molecule has 8 heteroatoms. The van der Waals surface area contributed by atoms with Crippen LogP contribution in [0, 0.1) is 17.8 Å². The molecular weight excluding hydrogens is 448 g/mol. The van der Waals surface area contributed by atoms with Crippen LogP contribution in [0.15, 0.2) is 60.7 Å². The van der Waals surface area contributed by atoms with Gasteiger partial charge in [-0.3, -0.25) is 15.0 Å². The van der Waals surface area contributed by atoms with Crippen LogP contribution in [0.25, 0.3) is 0 Å². The van der Waals surface area contributed by atoms with Crippen molar-refractivity contribution >= 4 is 11.9 Å². The molecule has 2 N–H and O–H groups in total. The minimum absolute atomic E-state index is 0.140. The summed E-state index contributed by atoms with van der Waals surface area (Å²) >= 11 is 0. The van der Waals surface area contributed by atoms with Crippen LogP contribution in [-0.2, 0) is 32.2 Å². The number of carbonyl (C=O) groups is 2. The van der Waals surface area contributed by atoms with E-state index in [0.717, 1.165) is 11.1 Å². The van der Waals surface area contributed by atoms with Gasteiger partial charge in [-0.15, -0.1) is 0 Å². The predicted octanol–water partition coefficient (Wildman–Crippen LogP) is 2.45. The summed E-state index contributed by atoms with van der Waals surface area (Å²) in [4.78, 5) is 26.9. The van der Waals surface area contributed by atoms with E-state index < -0.39 is 30.1 Å². The first-order valence-electron chi connectivity index (χ1n) is 12.3. The van der Waals surface area contributed by atoms with Crippen molar-refractivity contribution in [2.45, 2.75) is 56.6 Å². The molecule has 6 rings (SSSR count). The molecule has 8 nitrogen and oxygen atoms in total. The third kappa shape index (κ3) is 3.59. The van der Waals surface area contributed by atoms with Crippen LogP contribution >= 0.6 is 0 Å². The molecule has 2 bridgehead atoms. The fourth-order valence-corrected chi connectivity index (χ4v) is 6.49. The Labute approximate surface area is 204 Å². The molecular formula is C27H30N2O6. The number of hydrogen-bond acceptors (Lipinski definition) is 6. The Bertz CT molecular complexity index is 1100. The van der Waals surface area contributed by atoms with Crippen molar-refractivity contribution in [3.8, 4) is 0 Å². The number of fused-ring (bicyclic) bond motifs is 3. The molecule has 1 saturated carbocycles. The van der Waals surface area contributed by atoms with E-state index in [0.29, 0.717) is 19.6 Å². The number of aliphatic hydroxyl groups is 1. The van der Waals surface area contributed by atoms with Crippen molar-refractivity contribution in [3.63, 3.8) is 0 Å². The summed E-state index contributed by atoms with van der Waals surface area (Å²) in [5.41, 5.74) is 0.946. The molecule has 8 atom stereocenters. The minimum atomic E-state index is -1.10. The zero-order valence-electron chi connectivity index (χ0n) is 19.6. The van der Waals surface area contributed by atoms with Crippen LogP contribution in [0.1, 0.15) is 24.5 Å². The maximum atomic E-state index is 12.9. The van der Waals surface area contributed by atoms with Gasteiger partial charge in [-0.25, -0.2) is 4.79 Å². The highest BCUT2D eigenvalue weighted by Gasteiger charge is 2.74. The first kappa shape index (κ1) is 22.7. The molecule has 184 valence electrons. The van der Waals surface area contributed by atoms with Crippen LogP contribution in [0.4, 0.5) is 4.79 Å². The number of benzene rings is 2. The summed E-state index contributed by atoms with van der Waals surface area (Å²) < 4.78 is 19.1. The Hall–Kier alpha value is -2.78. The van der Waals surface area contributed by atoms with Gasteiger partial charge in [0.2, 0.25) is 5.91 Å². The van der Waals surface area contributed by atoms with Crippen LogP contribution < -0.4 is 5.32 Å². The monoisotopic (exact) mass is 478 g/mol. The SMILES string of the molecule is C[C@@H]1C(=O)NC(=O)N2[C@@H]3O[C@]4(COCc5ccccc5)[C@@H](O)[C@H](C[C@@H]12)[C@H]3[C@@H]4OCc1ccccc1. The Kier molecular flexibility index (Phi) is 5.64. The summed E-state index contributed by atoms with van der Waals surface area (Å²) in [5, 5.41) is 14.0. The highest BCUT2D eigenvalue weighted by atomic mass is 16.6. The van der Waals surface area contributed by atoms with Crippen LogP contribution in [0.2, 0.25) is 0 Å². The van der Waals surface area contributed by atoms with Gasteiger partial charge in [0, 0.05) is 12.0 Å². The molecule has 0 spiro atoms. The number of nitrogens with one attached hydrogen (secondary N) is 1. The number of imide groups is 1. The van der Waals surface area contributed by atoms with Gasteiger partial charge in [-0.2, -0.15) is 0 Å². The summed E-state index contributed by atoms with van der Waals surface area (Å²) in [7, 11) is 0. The van der Waals surface area contributed by atoms with E-state index in [1.165, 1.54) is 0 Å². The minimum Gasteiger partial charge on any atom is -0.390 e. The topological polar surface area (TPSA) is 97.3 Å². The molecule has 0 radical (unpaired) electrons. The number of ether oxygens (including phenoxy) is 3. The fourth-order valence-electron chi connectivity index (χ4n) is 6.49. The second kappa shape index (κ2) is 8.71. The number of carbonyl (C=O) groups excluding carboxylic acids is 2. The molecule has 4 aliphatic rings. The number of nitrogens with zero attached hydrogens (tertiary/aromatic N) is 1. The third-order valence-electron chi connectivity index (χ3n) is 8.21. The highest BCUT2D eigenvalue weighted by Crippen LogP contribution is 2.59. The van der Waals surface area contributed by atoms with Crippen molar-refractivity contribution < 1.29 is 28.9 Å². The molecule has 3 saturated heterocycles. The van der Waals surface area contributed by atoms with Crippen LogP contribution in [0.5, 0.6) is 0 Å². The lowest BCUT2D eigenvalue weighted by molar-refractivity contribution is -0.247. The van der Waals surface area contributed by atoms with E-state index in [2.05, 4.69) is 5.32 Å². The molecule has 3 heterocycles. The summed E-state index contributed by atoms with van der Waals surface area (Å²) in [6.07, 6.45) is -1.34. The van der Waals surface area contributed by atoms with E-state index in [1.54, 1.807) is 4.90 Å². The van der Waals surface area contributed by atoms with Gasteiger partial charge < -0.3 is 19.3 Å². The number of rotatable bonds is 7. The molecule has 2 aromatic rings. The van der Waals surface area contributed by atoms with Crippen molar-refractivity contribution in [1.82, 2.24) is 10.2 Å². The first-order valence-corrected chi connectivity index (χ1v) is 12.3. The van der Waals surface area contributed by atoms with Gasteiger partial charge in [0.1, 0.15) is 11.8 Å². The van der Waals surface area contributed by atoms with Gasteiger partial charge in [-0.05, 0) is 23.5 Å². The molecule has 0 aromatic heterocycles. The summed E-state index contributed by atoms with van der Waals surface area (Å²) in [6, 6.07) is 19.0. The Morgan fingerprint density at radius 1 is 1.06 bits per heavy atom. The Balaban J connectivity index is 1.29. The van der Waals surface area contributed by atoms with Crippen LogP contribution in [0.3, 0.4) is 0 Å². The second-order valence-corrected chi connectivity index (χ2v) is 10.1. The second-order valence-electron chi connectivity index (χ2n) is 10.1. The summed E-state index contributed by atoms with van der Waals surface area (Å²) in [5.74, 6) is -1.03. The Morgan fingerprint density at radius 2 is 1.71 bits per heavy atom.